The molecule has 1 aliphatic carbocycles. The maximum Gasteiger partial charge on any atom is 0.261 e. The first-order valence-electron chi connectivity index (χ1n) is 10.4. The summed E-state index contributed by atoms with van der Waals surface area (Å²) in [6, 6.07) is 4.36. The lowest BCUT2D eigenvalue weighted by atomic mass is 9.81. The summed E-state index contributed by atoms with van der Waals surface area (Å²) in [7, 11) is 0. The highest BCUT2D eigenvalue weighted by molar-refractivity contribution is 6.18. The van der Waals surface area contributed by atoms with E-state index in [4.69, 9.17) is 10.1 Å². The molecule has 1 unspecified atom stereocenters. The maximum atomic E-state index is 13.1. The number of fused-ring (bicyclic) bond motifs is 1. The van der Waals surface area contributed by atoms with E-state index in [-0.39, 0.29) is 16.9 Å². The Kier molecular flexibility index (Phi) is 5.47. The van der Waals surface area contributed by atoms with Crippen LogP contribution in [0.4, 0.5) is 11.4 Å². The van der Waals surface area contributed by atoms with Gasteiger partial charge in [-0.05, 0) is 47.1 Å². The zero-order chi connectivity index (χ0) is 21.3. The average Bonchev–Trinajstić information content (AvgIpc) is 2.97. The van der Waals surface area contributed by atoms with Crippen LogP contribution in [0.5, 0.6) is 0 Å². The van der Waals surface area contributed by atoms with Crippen LogP contribution >= 0.6 is 0 Å². The number of rotatable bonds is 4. The molecule has 1 aromatic carbocycles. The van der Waals surface area contributed by atoms with Crippen molar-refractivity contribution in [3.8, 4) is 0 Å². The van der Waals surface area contributed by atoms with Gasteiger partial charge in [0, 0.05) is 31.7 Å². The molecule has 7 nitrogen and oxygen atoms in total. The first-order valence-corrected chi connectivity index (χ1v) is 10.4. The summed E-state index contributed by atoms with van der Waals surface area (Å²) in [5.74, 6) is 0.470. The van der Waals surface area contributed by atoms with Crippen molar-refractivity contribution < 1.29 is 9.53 Å². The summed E-state index contributed by atoms with van der Waals surface area (Å²) in [4.78, 5) is 19.5. The molecule has 0 aromatic heterocycles. The van der Waals surface area contributed by atoms with Crippen LogP contribution < -0.4 is 15.5 Å². The number of hydrogen-bond donors (Lipinski definition) is 3. The van der Waals surface area contributed by atoms with Gasteiger partial charge in [0.15, 0.2) is 0 Å². The Labute approximate surface area is 177 Å². The van der Waals surface area contributed by atoms with E-state index in [2.05, 4.69) is 53.4 Å². The number of hydrogen-bond acceptors (Lipinski definition) is 6. The van der Waals surface area contributed by atoms with Gasteiger partial charge in [-0.25, -0.2) is 4.99 Å². The van der Waals surface area contributed by atoms with Gasteiger partial charge in [0.1, 0.15) is 5.82 Å². The Balaban J connectivity index is 1.71. The highest BCUT2D eigenvalue weighted by Gasteiger charge is 2.37. The molecule has 2 aliphatic heterocycles. The van der Waals surface area contributed by atoms with E-state index in [1.807, 2.05) is 0 Å². The molecule has 0 saturated carbocycles. The van der Waals surface area contributed by atoms with Crippen molar-refractivity contribution in [1.82, 2.24) is 5.32 Å². The first kappa shape index (κ1) is 20.3. The van der Waals surface area contributed by atoms with Gasteiger partial charge in [-0.15, -0.1) is 0 Å². The van der Waals surface area contributed by atoms with Gasteiger partial charge in [0.25, 0.3) is 5.91 Å². The molecule has 0 bridgehead atoms. The maximum absolute atomic E-state index is 13.1. The minimum atomic E-state index is -0.347. The lowest BCUT2D eigenvalue weighted by molar-refractivity contribution is -0.112. The fraction of sp³-hybridized carbons (Fsp3) is 0.435. The van der Waals surface area contributed by atoms with Crippen molar-refractivity contribution in [3.63, 3.8) is 0 Å². The summed E-state index contributed by atoms with van der Waals surface area (Å²) in [6.07, 6.45) is 7.05. The van der Waals surface area contributed by atoms with E-state index in [1.54, 1.807) is 18.5 Å². The third-order valence-corrected chi connectivity index (χ3v) is 6.39. The SMILES string of the molecule is CC1c2cc(N3CCOCC3)c(NC(=O)/C(C=N)=C3\N=CC=CN3)cc2CC1(C)C. The zero-order valence-electron chi connectivity index (χ0n) is 17.8. The molecular weight excluding hydrogens is 378 g/mol. The highest BCUT2D eigenvalue weighted by Crippen LogP contribution is 2.49. The second-order valence-electron chi connectivity index (χ2n) is 8.70. The van der Waals surface area contributed by atoms with E-state index < -0.39 is 0 Å². The Morgan fingerprint density at radius 1 is 1.37 bits per heavy atom. The topological polar surface area (TPSA) is 89.8 Å². The summed E-state index contributed by atoms with van der Waals surface area (Å²) in [5, 5.41) is 13.7. The minimum Gasteiger partial charge on any atom is -0.378 e. The van der Waals surface area contributed by atoms with Gasteiger partial charge in [0.2, 0.25) is 0 Å². The predicted molar refractivity (Wildman–Crippen MR) is 121 cm³/mol. The Morgan fingerprint density at radius 2 is 2.13 bits per heavy atom. The van der Waals surface area contributed by atoms with Crippen LogP contribution in [0.25, 0.3) is 0 Å². The van der Waals surface area contributed by atoms with Crippen LogP contribution in [0.3, 0.4) is 0 Å². The van der Waals surface area contributed by atoms with Gasteiger partial charge in [-0.2, -0.15) is 0 Å². The number of anilines is 2. The molecule has 0 spiro atoms. The van der Waals surface area contributed by atoms with Crippen molar-refractivity contribution in [3.05, 3.63) is 46.9 Å². The van der Waals surface area contributed by atoms with Gasteiger partial charge in [-0.3, -0.25) is 4.79 Å². The summed E-state index contributed by atoms with van der Waals surface area (Å²) in [6.45, 7) is 9.79. The average molecular weight is 408 g/mol. The number of nitrogens with zero attached hydrogens (tertiary/aromatic N) is 2. The number of carbonyl (C=O) groups excluding carboxylic acids is 1. The Hall–Kier alpha value is -2.93. The van der Waals surface area contributed by atoms with Gasteiger partial charge in [-0.1, -0.05) is 20.8 Å². The van der Waals surface area contributed by atoms with Crippen molar-refractivity contribution in [1.29, 1.82) is 5.41 Å². The largest absolute Gasteiger partial charge is 0.378 e. The van der Waals surface area contributed by atoms with Gasteiger partial charge < -0.3 is 25.7 Å². The minimum absolute atomic E-state index is 0.183. The second kappa shape index (κ2) is 8.07. The van der Waals surface area contributed by atoms with Crippen molar-refractivity contribution in [2.75, 3.05) is 36.5 Å². The number of carbonyl (C=O) groups is 1. The quantitative estimate of drug-likeness (QED) is 0.528. The molecule has 1 amide bonds. The lowest BCUT2D eigenvalue weighted by Gasteiger charge is -2.31. The van der Waals surface area contributed by atoms with Crippen LogP contribution in [0, 0.1) is 10.8 Å². The predicted octanol–water partition coefficient (Wildman–Crippen LogP) is 3.20. The molecule has 30 heavy (non-hydrogen) atoms. The Bertz CT molecular complexity index is 955. The van der Waals surface area contributed by atoms with E-state index in [1.165, 1.54) is 11.1 Å². The molecule has 3 aliphatic rings. The number of amides is 1. The first-order chi connectivity index (χ1) is 14.4. The van der Waals surface area contributed by atoms with Gasteiger partial charge in [0.05, 0.1) is 30.2 Å². The van der Waals surface area contributed by atoms with Gasteiger partial charge >= 0.3 is 0 Å². The van der Waals surface area contributed by atoms with Crippen LogP contribution in [0.2, 0.25) is 0 Å². The molecule has 3 N–H and O–H groups in total. The number of allylic oxidation sites excluding steroid dienone is 1. The molecule has 1 fully saturated rings. The fourth-order valence-electron chi connectivity index (χ4n) is 4.34. The van der Waals surface area contributed by atoms with Crippen molar-refractivity contribution in [2.24, 2.45) is 10.4 Å². The molecule has 1 aromatic rings. The van der Waals surface area contributed by atoms with Crippen molar-refractivity contribution in [2.45, 2.75) is 33.1 Å². The van der Waals surface area contributed by atoms with E-state index in [9.17, 15) is 4.79 Å². The molecular formula is C23H29N5O2. The molecule has 2 heterocycles. The van der Waals surface area contributed by atoms with Crippen LogP contribution in [-0.4, -0.2) is 44.6 Å². The van der Waals surface area contributed by atoms with Crippen LogP contribution in [0.15, 0.2) is 40.8 Å². The standard InChI is InChI=1S/C23H29N5O2/c1-15-17-12-20(28-7-9-30-10-8-28)19(11-16(17)13-23(15,2)3)27-22(29)18(14-24)21-25-5-4-6-26-21/h4-6,11-12,14-15,24-25H,7-10,13H2,1-3H3,(H,27,29)/b21-18-,24-14?. The fourth-order valence-corrected chi connectivity index (χ4v) is 4.34. The Morgan fingerprint density at radius 3 is 2.80 bits per heavy atom. The molecule has 1 saturated heterocycles. The smallest absolute Gasteiger partial charge is 0.261 e. The lowest BCUT2D eigenvalue weighted by Crippen LogP contribution is -2.37. The summed E-state index contributed by atoms with van der Waals surface area (Å²) < 4.78 is 5.53. The second-order valence-corrected chi connectivity index (χ2v) is 8.70. The number of ether oxygens (including phenoxy) is 1. The number of benzene rings is 1. The molecule has 1 atom stereocenters. The zero-order valence-corrected chi connectivity index (χ0v) is 17.8. The number of aliphatic imine (C=N–C) groups is 1. The molecule has 158 valence electrons. The van der Waals surface area contributed by atoms with Crippen molar-refractivity contribution >= 4 is 29.7 Å². The van der Waals surface area contributed by atoms with E-state index >= 15 is 0 Å². The molecule has 4 rings (SSSR count). The molecule has 7 heteroatoms. The monoisotopic (exact) mass is 407 g/mol. The van der Waals surface area contributed by atoms with E-state index in [0.29, 0.717) is 25.0 Å². The number of nitrogens with one attached hydrogen (secondary N) is 3. The highest BCUT2D eigenvalue weighted by atomic mass is 16.5. The number of morpholine rings is 1. The third-order valence-electron chi connectivity index (χ3n) is 6.39. The van der Waals surface area contributed by atoms with Crippen LogP contribution in [0.1, 0.15) is 37.8 Å². The normalized spacial score (nSPS) is 23.6. The van der Waals surface area contributed by atoms with Crippen LogP contribution in [-0.2, 0) is 16.0 Å². The molecule has 0 radical (unpaired) electrons. The third kappa shape index (κ3) is 3.77. The summed E-state index contributed by atoms with van der Waals surface area (Å²) >= 11 is 0. The van der Waals surface area contributed by atoms with E-state index in [0.717, 1.165) is 37.1 Å². The summed E-state index contributed by atoms with van der Waals surface area (Å²) in [5.41, 5.74) is 4.81.